The number of hydrogen-bond acceptors (Lipinski definition) is 2. The predicted molar refractivity (Wildman–Crippen MR) is 81.3 cm³/mol. The molecule has 1 heterocycles. The Morgan fingerprint density at radius 2 is 2.05 bits per heavy atom. The van der Waals surface area contributed by atoms with Crippen molar-refractivity contribution in [2.24, 2.45) is 0 Å². The first kappa shape index (κ1) is 13.9. The third-order valence-corrected chi connectivity index (χ3v) is 3.67. The highest BCUT2D eigenvalue weighted by atomic mass is 35.5. The number of para-hydroxylation sites is 1. The molecule has 0 amide bonds. The summed E-state index contributed by atoms with van der Waals surface area (Å²) in [6.07, 6.45) is 0. The highest BCUT2D eigenvalue weighted by Gasteiger charge is 2.13. The summed E-state index contributed by atoms with van der Waals surface area (Å²) < 4.78 is 20.8. The molecule has 0 N–H and O–H groups in total. The molecular formula is C16H14ClFN2O. The summed E-state index contributed by atoms with van der Waals surface area (Å²) in [5.41, 5.74) is 2.47. The number of nitrogens with zero attached hydrogens (tertiary/aromatic N) is 2. The Hall–Kier alpha value is -2.07. The second-order valence-electron chi connectivity index (χ2n) is 4.69. The van der Waals surface area contributed by atoms with Crippen molar-refractivity contribution in [2.45, 2.75) is 12.4 Å². The molecule has 0 saturated carbocycles. The third-order valence-electron chi connectivity index (χ3n) is 3.43. The van der Waals surface area contributed by atoms with E-state index in [1.165, 1.54) is 12.1 Å². The summed E-state index contributed by atoms with van der Waals surface area (Å²) >= 11 is 5.97. The molecule has 3 nitrogen and oxygen atoms in total. The van der Waals surface area contributed by atoms with Crippen molar-refractivity contribution in [3.63, 3.8) is 0 Å². The van der Waals surface area contributed by atoms with Crippen LogP contribution in [-0.2, 0) is 12.4 Å². The normalized spacial score (nSPS) is 11.0. The predicted octanol–water partition coefficient (Wildman–Crippen LogP) is 3.97. The van der Waals surface area contributed by atoms with Gasteiger partial charge in [0.25, 0.3) is 0 Å². The Morgan fingerprint density at radius 3 is 2.81 bits per heavy atom. The maximum absolute atomic E-state index is 13.5. The lowest BCUT2D eigenvalue weighted by molar-refractivity contribution is 0.408. The zero-order chi connectivity index (χ0) is 14.8. The quantitative estimate of drug-likeness (QED) is 0.682. The maximum Gasteiger partial charge on any atom is 0.125 e. The van der Waals surface area contributed by atoms with Crippen LogP contribution in [-0.4, -0.2) is 16.7 Å². The molecule has 21 heavy (non-hydrogen) atoms. The van der Waals surface area contributed by atoms with Crippen LogP contribution in [0.15, 0.2) is 42.5 Å². The van der Waals surface area contributed by atoms with E-state index in [-0.39, 0.29) is 11.7 Å². The largest absolute Gasteiger partial charge is 0.496 e. The first-order valence-corrected chi connectivity index (χ1v) is 7.09. The molecule has 0 spiro atoms. The fraction of sp³-hybridized carbons (Fsp3) is 0.188. The first-order valence-electron chi connectivity index (χ1n) is 6.55. The highest BCUT2D eigenvalue weighted by molar-refractivity contribution is 6.16. The number of imidazole rings is 1. The molecule has 5 heteroatoms. The molecule has 2 aromatic carbocycles. The van der Waals surface area contributed by atoms with Crippen LogP contribution in [0.1, 0.15) is 11.4 Å². The second kappa shape index (κ2) is 5.74. The van der Waals surface area contributed by atoms with Crippen molar-refractivity contribution < 1.29 is 9.13 Å². The molecule has 3 aromatic rings. The number of aromatic nitrogens is 2. The molecule has 0 bridgehead atoms. The van der Waals surface area contributed by atoms with E-state index in [0.717, 1.165) is 22.3 Å². The van der Waals surface area contributed by atoms with E-state index >= 15 is 0 Å². The summed E-state index contributed by atoms with van der Waals surface area (Å²) in [4.78, 5) is 4.45. The first-order chi connectivity index (χ1) is 10.2. The number of halogens is 2. The van der Waals surface area contributed by atoms with Gasteiger partial charge in [-0.3, -0.25) is 0 Å². The molecule has 0 atom stereocenters. The van der Waals surface area contributed by atoms with Gasteiger partial charge in [0.15, 0.2) is 0 Å². The SMILES string of the molecule is COc1ccccc1Cn1c(CCl)nc2ccc(F)cc21. The zero-order valence-electron chi connectivity index (χ0n) is 11.5. The number of methoxy groups -OCH3 is 1. The summed E-state index contributed by atoms with van der Waals surface area (Å²) in [6, 6.07) is 12.3. The second-order valence-corrected chi connectivity index (χ2v) is 4.96. The maximum atomic E-state index is 13.5. The van der Waals surface area contributed by atoms with Crippen molar-refractivity contribution in [3.05, 3.63) is 59.7 Å². The number of rotatable bonds is 4. The van der Waals surface area contributed by atoms with Crippen molar-refractivity contribution in [3.8, 4) is 5.75 Å². The zero-order valence-corrected chi connectivity index (χ0v) is 12.3. The van der Waals surface area contributed by atoms with Crippen LogP contribution in [0, 0.1) is 5.82 Å². The number of benzene rings is 2. The topological polar surface area (TPSA) is 27.1 Å². The minimum absolute atomic E-state index is 0.269. The van der Waals surface area contributed by atoms with E-state index in [4.69, 9.17) is 16.3 Å². The Bertz CT molecular complexity index is 785. The van der Waals surface area contributed by atoms with E-state index in [1.54, 1.807) is 13.2 Å². The van der Waals surface area contributed by atoms with Crippen LogP contribution in [0.4, 0.5) is 4.39 Å². The smallest absolute Gasteiger partial charge is 0.125 e. The van der Waals surface area contributed by atoms with Crippen molar-refractivity contribution in [2.75, 3.05) is 7.11 Å². The molecule has 0 aliphatic heterocycles. The molecule has 1 aromatic heterocycles. The van der Waals surface area contributed by atoms with Crippen LogP contribution in [0.3, 0.4) is 0 Å². The molecule has 0 aliphatic carbocycles. The summed E-state index contributed by atoms with van der Waals surface area (Å²) in [5.74, 6) is 1.48. The van der Waals surface area contributed by atoms with Crippen LogP contribution in [0.25, 0.3) is 11.0 Å². The summed E-state index contributed by atoms with van der Waals surface area (Å²) in [5, 5.41) is 0. The standard InChI is InChI=1S/C16H14ClFN2O/c1-21-15-5-3-2-4-11(15)10-20-14-8-12(18)6-7-13(14)19-16(20)9-17/h2-8H,9-10H2,1H3. The van der Waals surface area contributed by atoms with Crippen molar-refractivity contribution >= 4 is 22.6 Å². The van der Waals surface area contributed by atoms with Crippen molar-refractivity contribution in [1.29, 1.82) is 0 Å². The van der Waals surface area contributed by atoms with Gasteiger partial charge >= 0.3 is 0 Å². The Morgan fingerprint density at radius 1 is 1.24 bits per heavy atom. The van der Waals surface area contributed by atoms with Gasteiger partial charge in [0.1, 0.15) is 17.4 Å². The van der Waals surface area contributed by atoms with Gasteiger partial charge in [-0.2, -0.15) is 0 Å². The lowest BCUT2D eigenvalue weighted by Gasteiger charge is -2.11. The molecule has 0 unspecified atom stereocenters. The van der Waals surface area contributed by atoms with Crippen LogP contribution < -0.4 is 4.74 Å². The number of hydrogen-bond donors (Lipinski definition) is 0. The monoisotopic (exact) mass is 304 g/mol. The highest BCUT2D eigenvalue weighted by Crippen LogP contribution is 2.24. The lowest BCUT2D eigenvalue weighted by atomic mass is 10.2. The third kappa shape index (κ3) is 2.59. The van der Waals surface area contributed by atoms with E-state index in [9.17, 15) is 4.39 Å². The van der Waals surface area contributed by atoms with Gasteiger partial charge in [-0.05, 0) is 24.3 Å². The number of alkyl halides is 1. The Labute approximate surface area is 126 Å². The molecule has 0 fully saturated rings. The minimum atomic E-state index is -0.287. The summed E-state index contributed by atoms with van der Waals surface area (Å²) in [7, 11) is 1.63. The molecule has 108 valence electrons. The minimum Gasteiger partial charge on any atom is -0.496 e. The molecule has 0 radical (unpaired) electrons. The van der Waals surface area contributed by atoms with Crippen LogP contribution >= 0.6 is 11.6 Å². The average molecular weight is 305 g/mol. The molecule has 0 aliphatic rings. The van der Waals surface area contributed by atoms with Gasteiger partial charge < -0.3 is 9.30 Å². The van der Waals surface area contributed by atoms with Gasteiger partial charge in [-0.25, -0.2) is 9.37 Å². The van der Waals surface area contributed by atoms with E-state index in [1.807, 2.05) is 28.8 Å². The van der Waals surface area contributed by atoms with E-state index < -0.39 is 0 Å². The average Bonchev–Trinajstić information content (AvgIpc) is 2.85. The van der Waals surface area contributed by atoms with Gasteiger partial charge in [-0.1, -0.05) is 18.2 Å². The van der Waals surface area contributed by atoms with Crippen LogP contribution in [0.5, 0.6) is 5.75 Å². The number of ether oxygens (including phenoxy) is 1. The van der Waals surface area contributed by atoms with Crippen molar-refractivity contribution in [1.82, 2.24) is 9.55 Å². The fourth-order valence-electron chi connectivity index (χ4n) is 2.43. The fourth-order valence-corrected chi connectivity index (χ4v) is 2.63. The Balaban J connectivity index is 2.12. The van der Waals surface area contributed by atoms with Gasteiger partial charge in [0.05, 0.1) is 30.6 Å². The van der Waals surface area contributed by atoms with E-state index in [2.05, 4.69) is 4.98 Å². The lowest BCUT2D eigenvalue weighted by Crippen LogP contribution is -2.05. The Kier molecular flexibility index (Phi) is 3.80. The summed E-state index contributed by atoms with van der Waals surface area (Å²) in [6.45, 7) is 0.534. The number of fused-ring (bicyclic) bond motifs is 1. The van der Waals surface area contributed by atoms with Crippen LogP contribution in [0.2, 0.25) is 0 Å². The van der Waals surface area contributed by atoms with Gasteiger partial charge in [-0.15, -0.1) is 11.6 Å². The molecule has 3 rings (SSSR count). The molecular weight excluding hydrogens is 291 g/mol. The molecule has 0 saturated heterocycles. The van der Waals surface area contributed by atoms with E-state index in [0.29, 0.717) is 12.4 Å². The van der Waals surface area contributed by atoms with Gasteiger partial charge in [0, 0.05) is 5.56 Å². The van der Waals surface area contributed by atoms with Gasteiger partial charge in [0.2, 0.25) is 0 Å².